The predicted octanol–water partition coefficient (Wildman–Crippen LogP) is 1.73. The summed E-state index contributed by atoms with van der Waals surface area (Å²) >= 11 is 0. The van der Waals surface area contributed by atoms with Crippen molar-refractivity contribution in [3.63, 3.8) is 0 Å². The van der Waals surface area contributed by atoms with E-state index in [2.05, 4.69) is 15.3 Å². The van der Waals surface area contributed by atoms with Gasteiger partial charge in [0.25, 0.3) is 5.91 Å². The number of rotatable bonds is 5. The first-order valence-electron chi connectivity index (χ1n) is 8.29. The molecular weight excluding hydrogens is 332 g/mol. The molecule has 1 unspecified atom stereocenters. The molecule has 1 amide bonds. The van der Waals surface area contributed by atoms with Gasteiger partial charge in [0, 0.05) is 17.4 Å². The highest BCUT2D eigenvalue weighted by atomic mass is 16.3. The summed E-state index contributed by atoms with van der Waals surface area (Å²) < 4.78 is 1.83. The van der Waals surface area contributed by atoms with Gasteiger partial charge < -0.3 is 16.6 Å². The number of anilines is 1. The maximum atomic E-state index is 11.2. The summed E-state index contributed by atoms with van der Waals surface area (Å²) in [6, 6.07) is 9.28. The van der Waals surface area contributed by atoms with Crippen molar-refractivity contribution in [3.8, 4) is 17.0 Å². The molecular formula is C18H18N6O2. The third-order valence-corrected chi connectivity index (χ3v) is 4.54. The van der Waals surface area contributed by atoms with Gasteiger partial charge in [0.2, 0.25) is 0 Å². The number of nitrogens with two attached hydrogens (primary N) is 2. The summed E-state index contributed by atoms with van der Waals surface area (Å²) in [4.78, 5) is 15.1. The van der Waals surface area contributed by atoms with Crippen LogP contribution in [0.1, 0.15) is 34.9 Å². The molecule has 0 spiro atoms. The first-order chi connectivity index (χ1) is 12.5. The van der Waals surface area contributed by atoms with Crippen LogP contribution in [0.15, 0.2) is 42.7 Å². The zero-order valence-electron chi connectivity index (χ0n) is 13.9. The number of primary amides is 1. The minimum absolute atomic E-state index is 0.0864. The number of aromatic nitrogens is 4. The third-order valence-electron chi connectivity index (χ3n) is 4.54. The van der Waals surface area contributed by atoms with Crippen molar-refractivity contribution in [2.24, 2.45) is 11.7 Å². The molecule has 26 heavy (non-hydrogen) atoms. The number of hydrogen-bond acceptors (Lipinski definition) is 6. The Morgan fingerprint density at radius 3 is 2.62 bits per heavy atom. The van der Waals surface area contributed by atoms with Crippen LogP contribution in [0.3, 0.4) is 0 Å². The Hall–Kier alpha value is -3.42. The van der Waals surface area contributed by atoms with Crippen molar-refractivity contribution in [1.29, 1.82) is 0 Å². The average molecular weight is 350 g/mol. The van der Waals surface area contributed by atoms with Gasteiger partial charge in [0.05, 0.1) is 12.2 Å². The lowest BCUT2D eigenvalue weighted by Crippen LogP contribution is -2.13. The van der Waals surface area contributed by atoms with Gasteiger partial charge in [-0.3, -0.25) is 4.79 Å². The molecule has 1 aromatic carbocycles. The zero-order valence-corrected chi connectivity index (χ0v) is 13.9. The van der Waals surface area contributed by atoms with Crippen molar-refractivity contribution in [2.75, 3.05) is 5.73 Å². The summed E-state index contributed by atoms with van der Waals surface area (Å²) in [6.45, 7) is 0. The van der Waals surface area contributed by atoms with Crippen LogP contribution in [-0.4, -0.2) is 31.0 Å². The lowest BCUT2D eigenvalue weighted by atomic mass is 10.0. The zero-order chi connectivity index (χ0) is 18.3. The number of benzene rings is 1. The van der Waals surface area contributed by atoms with Crippen LogP contribution in [-0.2, 0) is 0 Å². The standard InChI is InChI=1S/C18H18N6O2/c19-13-5-3-11(4-6-13)17(10-1-2-10)24-9-14(22-23-24)12-7-15(25)16(18(20)26)21-8-12/h3-10,17,25H,1-2,19H2,(H2,20,26). The molecule has 1 aliphatic carbocycles. The molecule has 3 aromatic rings. The second-order valence-corrected chi connectivity index (χ2v) is 6.49. The van der Waals surface area contributed by atoms with Gasteiger partial charge in [-0.2, -0.15) is 0 Å². The summed E-state index contributed by atoms with van der Waals surface area (Å²) in [5.74, 6) is -0.548. The Morgan fingerprint density at radius 2 is 2.00 bits per heavy atom. The van der Waals surface area contributed by atoms with E-state index in [0.717, 1.165) is 24.1 Å². The number of carbonyl (C=O) groups is 1. The first kappa shape index (κ1) is 16.1. The largest absolute Gasteiger partial charge is 0.505 e. The van der Waals surface area contributed by atoms with E-state index in [9.17, 15) is 9.90 Å². The molecule has 2 aromatic heterocycles. The normalized spacial score (nSPS) is 14.9. The van der Waals surface area contributed by atoms with Crippen molar-refractivity contribution < 1.29 is 9.90 Å². The summed E-state index contributed by atoms with van der Waals surface area (Å²) in [5.41, 5.74) is 13.7. The first-order valence-corrected chi connectivity index (χ1v) is 8.29. The van der Waals surface area contributed by atoms with Crippen LogP contribution in [0.2, 0.25) is 0 Å². The molecule has 8 nitrogen and oxygen atoms in total. The van der Waals surface area contributed by atoms with E-state index in [4.69, 9.17) is 11.5 Å². The fourth-order valence-corrected chi connectivity index (χ4v) is 3.07. The number of hydrogen-bond donors (Lipinski definition) is 3. The van der Waals surface area contributed by atoms with Crippen LogP contribution in [0.5, 0.6) is 5.75 Å². The molecule has 0 radical (unpaired) electrons. The van der Waals surface area contributed by atoms with Crippen molar-refractivity contribution in [2.45, 2.75) is 18.9 Å². The summed E-state index contributed by atoms with van der Waals surface area (Å²) in [6.07, 6.45) is 5.54. The van der Waals surface area contributed by atoms with Crippen molar-refractivity contribution in [3.05, 3.63) is 54.0 Å². The molecule has 1 fully saturated rings. The van der Waals surface area contributed by atoms with Crippen molar-refractivity contribution in [1.82, 2.24) is 20.0 Å². The fraction of sp³-hybridized carbons (Fsp3) is 0.222. The average Bonchev–Trinajstić information content (AvgIpc) is 3.32. The maximum Gasteiger partial charge on any atom is 0.271 e. The van der Waals surface area contributed by atoms with Gasteiger partial charge in [-0.15, -0.1) is 5.10 Å². The maximum absolute atomic E-state index is 11.2. The summed E-state index contributed by atoms with van der Waals surface area (Å²) in [5, 5.41) is 18.4. The van der Waals surface area contributed by atoms with E-state index >= 15 is 0 Å². The van der Waals surface area contributed by atoms with E-state index in [1.165, 1.54) is 12.3 Å². The molecule has 4 rings (SSSR count). The van der Waals surface area contributed by atoms with Gasteiger partial charge in [-0.25, -0.2) is 9.67 Å². The fourth-order valence-electron chi connectivity index (χ4n) is 3.07. The van der Waals surface area contributed by atoms with Gasteiger partial charge in [-0.1, -0.05) is 17.3 Å². The number of amides is 1. The summed E-state index contributed by atoms with van der Waals surface area (Å²) in [7, 11) is 0. The van der Waals surface area contributed by atoms with Crippen LogP contribution < -0.4 is 11.5 Å². The van der Waals surface area contributed by atoms with Gasteiger partial charge in [-0.05, 0) is 42.5 Å². The molecule has 1 saturated carbocycles. The molecule has 0 bridgehead atoms. The topological polar surface area (TPSA) is 133 Å². The monoisotopic (exact) mass is 350 g/mol. The van der Waals surface area contributed by atoms with E-state index in [-0.39, 0.29) is 17.5 Å². The van der Waals surface area contributed by atoms with E-state index in [1.54, 1.807) is 0 Å². The highest BCUT2D eigenvalue weighted by Crippen LogP contribution is 2.43. The molecule has 0 saturated heterocycles. The second-order valence-electron chi connectivity index (χ2n) is 6.49. The van der Waals surface area contributed by atoms with E-state index in [0.29, 0.717) is 17.2 Å². The number of aromatic hydroxyl groups is 1. The highest BCUT2D eigenvalue weighted by molar-refractivity contribution is 5.93. The predicted molar refractivity (Wildman–Crippen MR) is 95.2 cm³/mol. The van der Waals surface area contributed by atoms with Crippen LogP contribution in [0.25, 0.3) is 11.3 Å². The SMILES string of the molecule is NC(=O)c1ncc(-c2cn(C(c3ccc(N)cc3)C3CC3)nn2)cc1O. The minimum Gasteiger partial charge on any atom is -0.505 e. The Morgan fingerprint density at radius 1 is 1.27 bits per heavy atom. The molecule has 0 aliphatic heterocycles. The van der Waals surface area contributed by atoms with Crippen LogP contribution in [0, 0.1) is 5.92 Å². The number of nitrogens with zero attached hydrogens (tertiary/aromatic N) is 4. The number of pyridine rings is 1. The van der Waals surface area contributed by atoms with E-state index < -0.39 is 5.91 Å². The van der Waals surface area contributed by atoms with Gasteiger partial charge in [0.15, 0.2) is 5.69 Å². The van der Waals surface area contributed by atoms with Crippen molar-refractivity contribution >= 4 is 11.6 Å². The van der Waals surface area contributed by atoms with Gasteiger partial charge >= 0.3 is 0 Å². The minimum atomic E-state index is -0.783. The molecule has 1 aliphatic rings. The third kappa shape index (κ3) is 2.97. The molecule has 132 valence electrons. The highest BCUT2D eigenvalue weighted by Gasteiger charge is 2.34. The lowest BCUT2D eigenvalue weighted by Gasteiger charge is -2.16. The lowest BCUT2D eigenvalue weighted by molar-refractivity contribution is 0.0993. The Bertz CT molecular complexity index is 962. The molecule has 1 atom stereocenters. The van der Waals surface area contributed by atoms with Crippen LogP contribution in [0.4, 0.5) is 5.69 Å². The van der Waals surface area contributed by atoms with Crippen LogP contribution >= 0.6 is 0 Å². The molecule has 2 heterocycles. The quantitative estimate of drug-likeness (QED) is 0.600. The molecule has 5 N–H and O–H groups in total. The second kappa shape index (κ2) is 6.14. The van der Waals surface area contributed by atoms with E-state index in [1.807, 2.05) is 35.1 Å². The van der Waals surface area contributed by atoms with Gasteiger partial charge in [0.1, 0.15) is 11.4 Å². The number of carbonyl (C=O) groups excluding carboxylic acids is 1. The molecule has 8 heteroatoms. The Labute approximate surface area is 149 Å². The number of nitrogen functional groups attached to an aromatic ring is 1. The Kier molecular flexibility index (Phi) is 3.80. The Balaban J connectivity index is 1.67. The smallest absolute Gasteiger partial charge is 0.271 e.